The van der Waals surface area contributed by atoms with Gasteiger partial charge < -0.3 is 15.9 Å². The number of nitrogens with two attached hydrogens (primary N) is 1. The Hall–Kier alpha value is -0.900. The SMILES string of the molecule is NC(CO)C(O)c1ccccc1C1CC1. The van der Waals surface area contributed by atoms with E-state index in [4.69, 9.17) is 10.8 Å². The van der Waals surface area contributed by atoms with Gasteiger partial charge in [0.05, 0.1) is 18.8 Å². The molecule has 82 valence electrons. The van der Waals surface area contributed by atoms with Crippen molar-refractivity contribution in [2.45, 2.75) is 30.9 Å². The molecule has 1 aromatic rings. The smallest absolute Gasteiger partial charge is 0.0966 e. The van der Waals surface area contributed by atoms with E-state index in [0.29, 0.717) is 5.92 Å². The zero-order chi connectivity index (χ0) is 10.8. The molecule has 1 aliphatic carbocycles. The van der Waals surface area contributed by atoms with Crippen LogP contribution in [0.2, 0.25) is 0 Å². The highest BCUT2D eigenvalue weighted by Gasteiger charge is 2.29. The van der Waals surface area contributed by atoms with Gasteiger partial charge >= 0.3 is 0 Å². The van der Waals surface area contributed by atoms with Gasteiger partial charge in [-0.3, -0.25) is 0 Å². The number of hydrogen-bond donors (Lipinski definition) is 3. The third-order valence-electron chi connectivity index (χ3n) is 2.95. The third-order valence-corrected chi connectivity index (χ3v) is 2.95. The quantitative estimate of drug-likeness (QED) is 0.687. The first-order valence-electron chi connectivity index (χ1n) is 5.37. The van der Waals surface area contributed by atoms with Gasteiger partial charge in [-0.15, -0.1) is 0 Å². The number of rotatable bonds is 4. The van der Waals surface area contributed by atoms with E-state index >= 15 is 0 Å². The fourth-order valence-corrected chi connectivity index (χ4v) is 1.88. The molecule has 2 rings (SSSR count). The fourth-order valence-electron chi connectivity index (χ4n) is 1.88. The van der Waals surface area contributed by atoms with Crippen molar-refractivity contribution in [2.24, 2.45) is 5.73 Å². The van der Waals surface area contributed by atoms with Crippen molar-refractivity contribution >= 4 is 0 Å². The predicted molar refractivity (Wildman–Crippen MR) is 58.4 cm³/mol. The second-order valence-electron chi connectivity index (χ2n) is 4.19. The minimum Gasteiger partial charge on any atom is -0.395 e. The van der Waals surface area contributed by atoms with Crippen LogP contribution in [0.4, 0.5) is 0 Å². The second-order valence-corrected chi connectivity index (χ2v) is 4.19. The van der Waals surface area contributed by atoms with Crippen molar-refractivity contribution in [3.63, 3.8) is 0 Å². The Morgan fingerprint density at radius 3 is 2.60 bits per heavy atom. The summed E-state index contributed by atoms with van der Waals surface area (Å²) in [5.41, 5.74) is 7.70. The van der Waals surface area contributed by atoms with Gasteiger partial charge in [0.2, 0.25) is 0 Å². The van der Waals surface area contributed by atoms with Crippen LogP contribution >= 0.6 is 0 Å². The zero-order valence-corrected chi connectivity index (χ0v) is 8.63. The van der Waals surface area contributed by atoms with Crippen LogP contribution in [0.15, 0.2) is 24.3 Å². The van der Waals surface area contributed by atoms with E-state index in [2.05, 4.69) is 0 Å². The van der Waals surface area contributed by atoms with Crippen molar-refractivity contribution < 1.29 is 10.2 Å². The van der Waals surface area contributed by atoms with Gasteiger partial charge in [0, 0.05) is 0 Å². The van der Waals surface area contributed by atoms with Crippen LogP contribution in [0.1, 0.15) is 36.0 Å². The highest BCUT2D eigenvalue weighted by atomic mass is 16.3. The summed E-state index contributed by atoms with van der Waals surface area (Å²) in [6, 6.07) is 7.22. The molecule has 1 saturated carbocycles. The van der Waals surface area contributed by atoms with Crippen LogP contribution in [0.3, 0.4) is 0 Å². The van der Waals surface area contributed by atoms with Crippen molar-refractivity contribution in [1.29, 1.82) is 0 Å². The monoisotopic (exact) mass is 207 g/mol. The molecule has 0 bridgehead atoms. The zero-order valence-electron chi connectivity index (χ0n) is 8.63. The first kappa shape index (κ1) is 10.6. The van der Waals surface area contributed by atoms with Crippen LogP contribution < -0.4 is 5.73 Å². The van der Waals surface area contributed by atoms with E-state index < -0.39 is 12.1 Å². The Labute approximate surface area is 89.5 Å². The molecule has 4 N–H and O–H groups in total. The maximum atomic E-state index is 9.96. The average molecular weight is 207 g/mol. The summed E-state index contributed by atoms with van der Waals surface area (Å²) in [4.78, 5) is 0. The second kappa shape index (κ2) is 4.31. The average Bonchev–Trinajstić information content (AvgIpc) is 3.11. The van der Waals surface area contributed by atoms with E-state index in [-0.39, 0.29) is 6.61 Å². The largest absolute Gasteiger partial charge is 0.395 e. The molecule has 3 nitrogen and oxygen atoms in total. The molecule has 1 aromatic carbocycles. The molecule has 0 spiro atoms. The van der Waals surface area contributed by atoms with Gasteiger partial charge in [-0.05, 0) is 29.9 Å². The molecule has 0 aliphatic heterocycles. The maximum Gasteiger partial charge on any atom is 0.0966 e. The number of aliphatic hydroxyl groups is 2. The summed E-state index contributed by atoms with van der Waals surface area (Å²) >= 11 is 0. The number of benzene rings is 1. The van der Waals surface area contributed by atoms with E-state index in [9.17, 15) is 5.11 Å². The standard InChI is InChI=1S/C12H17NO2/c13-11(7-14)12(15)10-4-2-1-3-9(10)8-5-6-8/h1-4,8,11-12,14-15H,5-7,13H2. The molecule has 0 heterocycles. The maximum absolute atomic E-state index is 9.96. The fraction of sp³-hybridized carbons (Fsp3) is 0.500. The third kappa shape index (κ3) is 2.20. The van der Waals surface area contributed by atoms with Gasteiger partial charge in [-0.25, -0.2) is 0 Å². The van der Waals surface area contributed by atoms with E-state index in [1.54, 1.807) is 0 Å². The lowest BCUT2D eigenvalue weighted by Crippen LogP contribution is -2.32. The Bertz CT molecular complexity index is 336. The van der Waals surface area contributed by atoms with Crippen molar-refractivity contribution in [2.75, 3.05) is 6.61 Å². The molecule has 1 aliphatic rings. The Morgan fingerprint density at radius 2 is 2.00 bits per heavy atom. The summed E-state index contributed by atoms with van der Waals surface area (Å²) in [6.07, 6.45) is 1.63. The molecule has 1 fully saturated rings. The lowest BCUT2D eigenvalue weighted by atomic mass is 9.95. The van der Waals surface area contributed by atoms with Crippen LogP contribution in [-0.2, 0) is 0 Å². The van der Waals surface area contributed by atoms with E-state index in [1.165, 1.54) is 18.4 Å². The molecule has 3 heteroatoms. The molecular formula is C12H17NO2. The molecule has 0 amide bonds. The highest BCUT2D eigenvalue weighted by molar-refractivity contribution is 5.35. The molecule has 0 saturated heterocycles. The lowest BCUT2D eigenvalue weighted by Gasteiger charge is -2.19. The normalized spacial score (nSPS) is 19.9. The molecule has 0 radical (unpaired) electrons. The minimum absolute atomic E-state index is 0.194. The minimum atomic E-state index is -0.758. The van der Waals surface area contributed by atoms with Gasteiger partial charge in [0.25, 0.3) is 0 Å². The van der Waals surface area contributed by atoms with Crippen molar-refractivity contribution in [3.05, 3.63) is 35.4 Å². The summed E-state index contributed by atoms with van der Waals surface area (Å²) in [5.74, 6) is 0.585. The van der Waals surface area contributed by atoms with Gasteiger partial charge in [0.1, 0.15) is 0 Å². The molecular weight excluding hydrogens is 190 g/mol. The van der Waals surface area contributed by atoms with Gasteiger partial charge in [-0.2, -0.15) is 0 Å². The number of aliphatic hydroxyl groups excluding tert-OH is 2. The Morgan fingerprint density at radius 1 is 1.33 bits per heavy atom. The van der Waals surface area contributed by atoms with E-state index in [0.717, 1.165) is 5.56 Å². The molecule has 2 atom stereocenters. The van der Waals surface area contributed by atoms with Crippen molar-refractivity contribution in [3.8, 4) is 0 Å². The van der Waals surface area contributed by atoms with Gasteiger partial charge in [-0.1, -0.05) is 24.3 Å². The lowest BCUT2D eigenvalue weighted by molar-refractivity contribution is 0.109. The van der Waals surface area contributed by atoms with Crippen LogP contribution in [0.25, 0.3) is 0 Å². The summed E-state index contributed by atoms with van der Waals surface area (Å²) in [7, 11) is 0. The summed E-state index contributed by atoms with van der Waals surface area (Å²) in [6.45, 7) is -0.194. The van der Waals surface area contributed by atoms with Crippen LogP contribution in [0, 0.1) is 0 Å². The number of hydrogen-bond acceptors (Lipinski definition) is 3. The van der Waals surface area contributed by atoms with E-state index in [1.807, 2.05) is 24.3 Å². The van der Waals surface area contributed by atoms with Gasteiger partial charge in [0.15, 0.2) is 0 Å². The van der Waals surface area contributed by atoms with Crippen molar-refractivity contribution in [1.82, 2.24) is 0 Å². The molecule has 2 unspecified atom stereocenters. The Kier molecular flexibility index (Phi) is 3.05. The molecule has 0 aromatic heterocycles. The summed E-state index contributed by atoms with van der Waals surface area (Å²) < 4.78 is 0. The molecule has 15 heavy (non-hydrogen) atoms. The topological polar surface area (TPSA) is 66.5 Å². The first-order valence-corrected chi connectivity index (χ1v) is 5.37. The van der Waals surface area contributed by atoms with Crippen LogP contribution in [-0.4, -0.2) is 22.9 Å². The Balaban J connectivity index is 2.25. The predicted octanol–water partition coefficient (Wildman–Crippen LogP) is 0.917. The highest BCUT2D eigenvalue weighted by Crippen LogP contribution is 2.43. The van der Waals surface area contributed by atoms with Crippen LogP contribution in [0.5, 0.6) is 0 Å². The first-order chi connectivity index (χ1) is 7.24. The summed E-state index contributed by atoms with van der Waals surface area (Å²) in [5, 5.41) is 18.9.